The number of benzene rings is 2. The number of para-hydroxylation sites is 3. The first kappa shape index (κ1) is 22.5. The van der Waals surface area contributed by atoms with Crippen LogP contribution in [0.3, 0.4) is 0 Å². The van der Waals surface area contributed by atoms with Gasteiger partial charge in [-0.3, -0.25) is 4.79 Å². The lowest BCUT2D eigenvalue weighted by Crippen LogP contribution is -2.47. The van der Waals surface area contributed by atoms with Crippen molar-refractivity contribution in [3.8, 4) is 6.07 Å². The molecule has 1 aliphatic rings. The third-order valence-corrected chi connectivity index (χ3v) is 5.84. The van der Waals surface area contributed by atoms with Gasteiger partial charge in [0, 0.05) is 32.7 Å². The zero-order chi connectivity index (χ0) is 23.2. The van der Waals surface area contributed by atoms with Crippen LogP contribution < -0.4 is 15.1 Å². The topological polar surface area (TPSA) is 85.1 Å². The maximum absolute atomic E-state index is 14.2. The van der Waals surface area contributed by atoms with Crippen LogP contribution in [0.15, 0.2) is 48.5 Å². The number of unbranched alkanes of at least 4 members (excludes halogenated alkanes) is 1. The number of carbonyl (C=O) groups excluding carboxylic acids is 1. The minimum Gasteiger partial charge on any atom is -0.366 e. The van der Waals surface area contributed by atoms with Crippen molar-refractivity contribution in [2.45, 2.75) is 25.7 Å². The van der Waals surface area contributed by atoms with Crippen LogP contribution in [-0.2, 0) is 4.79 Å². The molecule has 4 rings (SSSR count). The largest absolute Gasteiger partial charge is 0.366 e. The van der Waals surface area contributed by atoms with E-state index in [-0.39, 0.29) is 11.7 Å². The van der Waals surface area contributed by atoms with Crippen LogP contribution >= 0.6 is 0 Å². The summed E-state index contributed by atoms with van der Waals surface area (Å²) in [5, 5.41) is 12.7. The molecular weight excluding hydrogens is 419 g/mol. The van der Waals surface area contributed by atoms with Gasteiger partial charge in [-0.15, -0.1) is 0 Å². The van der Waals surface area contributed by atoms with Gasteiger partial charge in [0.1, 0.15) is 11.5 Å². The van der Waals surface area contributed by atoms with Crippen LogP contribution in [0.5, 0.6) is 0 Å². The molecule has 3 aromatic rings. The van der Waals surface area contributed by atoms with Crippen molar-refractivity contribution in [1.29, 1.82) is 5.26 Å². The molecule has 1 N–H and O–H groups in total. The summed E-state index contributed by atoms with van der Waals surface area (Å²) >= 11 is 0. The lowest BCUT2D eigenvalue weighted by molar-refractivity contribution is -0.121. The van der Waals surface area contributed by atoms with Crippen LogP contribution in [0.4, 0.5) is 15.9 Å². The normalized spacial score (nSPS) is 14.7. The highest BCUT2D eigenvalue weighted by Gasteiger charge is 2.30. The predicted octanol–water partition coefficient (Wildman–Crippen LogP) is 3.62. The van der Waals surface area contributed by atoms with Gasteiger partial charge in [0.05, 0.1) is 22.8 Å². The third-order valence-electron chi connectivity index (χ3n) is 5.84. The van der Waals surface area contributed by atoms with E-state index in [0.29, 0.717) is 61.0 Å². The maximum Gasteiger partial charge on any atom is 0.243 e. The number of hydrogen-bond donors (Lipinski definition) is 1. The number of piperazine rings is 1. The summed E-state index contributed by atoms with van der Waals surface area (Å²) in [6, 6.07) is 16.3. The number of rotatable bonds is 7. The first-order valence-corrected chi connectivity index (χ1v) is 11.3. The summed E-state index contributed by atoms with van der Waals surface area (Å²) in [7, 11) is 0. The Labute approximate surface area is 192 Å². The standard InChI is InChI=1S/C25H27FN6O/c1-2-3-12-28-25(33)18(17-27)23-24(30-21-10-6-5-9-20(21)29-23)32-15-13-31(14-16-32)22-11-7-4-8-19(22)26/h4-11,18H,2-3,12-16H2,1H3,(H,28,33)/t18-/m0/s1. The van der Waals surface area contributed by atoms with E-state index in [1.807, 2.05) is 47.1 Å². The number of halogens is 1. The van der Waals surface area contributed by atoms with Gasteiger partial charge >= 0.3 is 0 Å². The highest BCUT2D eigenvalue weighted by molar-refractivity contribution is 5.88. The van der Waals surface area contributed by atoms with E-state index in [9.17, 15) is 14.4 Å². The SMILES string of the molecule is CCCCNC(=O)[C@@H](C#N)c1nc2ccccc2nc1N1CCN(c2ccccc2F)CC1. The number of anilines is 2. The monoisotopic (exact) mass is 446 g/mol. The Bertz CT molecular complexity index is 1170. The summed E-state index contributed by atoms with van der Waals surface area (Å²) < 4.78 is 14.2. The van der Waals surface area contributed by atoms with Gasteiger partial charge in [0.15, 0.2) is 11.7 Å². The molecule has 0 radical (unpaired) electrons. The Morgan fingerprint density at radius 1 is 1.06 bits per heavy atom. The summed E-state index contributed by atoms with van der Waals surface area (Å²) in [4.78, 5) is 26.4. The number of hydrogen-bond acceptors (Lipinski definition) is 6. The fourth-order valence-corrected chi connectivity index (χ4v) is 4.03. The van der Waals surface area contributed by atoms with Gasteiger partial charge in [-0.25, -0.2) is 14.4 Å². The quantitative estimate of drug-likeness (QED) is 0.558. The molecule has 2 heterocycles. The Balaban J connectivity index is 1.63. The van der Waals surface area contributed by atoms with Gasteiger partial charge < -0.3 is 15.1 Å². The second-order valence-electron chi connectivity index (χ2n) is 8.05. The summed E-state index contributed by atoms with van der Waals surface area (Å²) in [6.07, 6.45) is 1.79. The maximum atomic E-state index is 14.2. The van der Waals surface area contributed by atoms with E-state index in [0.717, 1.165) is 12.8 Å². The Kier molecular flexibility index (Phi) is 6.98. The number of nitrogens with zero attached hydrogens (tertiary/aromatic N) is 5. The number of fused-ring (bicyclic) bond motifs is 1. The number of nitrogens with one attached hydrogen (secondary N) is 1. The van der Waals surface area contributed by atoms with Crippen LogP contribution in [0, 0.1) is 17.1 Å². The molecule has 1 aromatic heterocycles. The molecule has 1 fully saturated rings. The highest BCUT2D eigenvalue weighted by atomic mass is 19.1. The number of amides is 1. The van der Waals surface area contributed by atoms with Crippen LogP contribution in [0.2, 0.25) is 0 Å². The first-order valence-electron chi connectivity index (χ1n) is 11.3. The van der Waals surface area contributed by atoms with Crippen LogP contribution in [0.25, 0.3) is 11.0 Å². The molecule has 1 amide bonds. The third kappa shape index (κ3) is 4.87. The van der Waals surface area contributed by atoms with Gasteiger partial charge in [-0.1, -0.05) is 37.6 Å². The van der Waals surface area contributed by atoms with Crippen molar-refractivity contribution in [2.75, 3.05) is 42.5 Å². The first-order chi connectivity index (χ1) is 16.1. The van der Waals surface area contributed by atoms with E-state index in [1.54, 1.807) is 12.1 Å². The fourth-order valence-electron chi connectivity index (χ4n) is 4.03. The molecule has 8 heteroatoms. The van der Waals surface area contributed by atoms with Crippen LogP contribution in [0.1, 0.15) is 31.4 Å². The van der Waals surface area contributed by atoms with Crippen molar-refractivity contribution in [1.82, 2.24) is 15.3 Å². The number of nitriles is 1. The van der Waals surface area contributed by atoms with Crippen molar-refractivity contribution in [3.63, 3.8) is 0 Å². The molecular formula is C25H27FN6O. The van der Waals surface area contributed by atoms with E-state index in [1.165, 1.54) is 6.07 Å². The smallest absolute Gasteiger partial charge is 0.243 e. The van der Waals surface area contributed by atoms with E-state index >= 15 is 0 Å². The van der Waals surface area contributed by atoms with E-state index in [4.69, 9.17) is 9.97 Å². The van der Waals surface area contributed by atoms with Gasteiger partial charge in [-0.05, 0) is 30.7 Å². The predicted molar refractivity (Wildman–Crippen MR) is 127 cm³/mol. The van der Waals surface area contributed by atoms with E-state index < -0.39 is 5.92 Å². The van der Waals surface area contributed by atoms with Crippen molar-refractivity contribution in [3.05, 3.63) is 60.0 Å². The molecule has 2 aromatic carbocycles. The molecule has 0 unspecified atom stereocenters. The molecule has 0 spiro atoms. The Morgan fingerprint density at radius 3 is 2.36 bits per heavy atom. The minimum absolute atomic E-state index is 0.245. The molecule has 1 atom stereocenters. The molecule has 7 nitrogen and oxygen atoms in total. The molecule has 170 valence electrons. The summed E-state index contributed by atoms with van der Waals surface area (Å²) in [5.74, 6) is -1.12. The zero-order valence-corrected chi connectivity index (χ0v) is 18.7. The molecule has 1 aliphatic heterocycles. The number of carbonyl (C=O) groups is 1. The van der Waals surface area contributed by atoms with Crippen molar-refractivity contribution < 1.29 is 9.18 Å². The second-order valence-corrected chi connectivity index (χ2v) is 8.05. The lowest BCUT2D eigenvalue weighted by atomic mass is 10.0. The molecule has 1 saturated heterocycles. The second kappa shape index (κ2) is 10.3. The Hall–Kier alpha value is -3.73. The minimum atomic E-state index is -1.06. The molecule has 0 aliphatic carbocycles. The van der Waals surface area contributed by atoms with Gasteiger partial charge in [0.25, 0.3) is 0 Å². The van der Waals surface area contributed by atoms with Crippen LogP contribution in [-0.4, -0.2) is 48.6 Å². The zero-order valence-electron chi connectivity index (χ0n) is 18.7. The van der Waals surface area contributed by atoms with E-state index in [2.05, 4.69) is 11.4 Å². The van der Waals surface area contributed by atoms with Crippen molar-refractivity contribution >= 4 is 28.4 Å². The summed E-state index contributed by atoms with van der Waals surface area (Å²) in [6.45, 7) is 4.89. The number of aromatic nitrogens is 2. The summed E-state index contributed by atoms with van der Waals surface area (Å²) in [5.41, 5.74) is 2.29. The van der Waals surface area contributed by atoms with Gasteiger partial charge in [-0.2, -0.15) is 5.26 Å². The highest BCUT2D eigenvalue weighted by Crippen LogP contribution is 2.29. The average Bonchev–Trinajstić information content (AvgIpc) is 2.85. The van der Waals surface area contributed by atoms with Crippen molar-refractivity contribution in [2.24, 2.45) is 0 Å². The molecule has 33 heavy (non-hydrogen) atoms. The molecule has 0 saturated carbocycles. The van der Waals surface area contributed by atoms with Gasteiger partial charge in [0.2, 0.25) is 5.91 Å². The fraction of sp³-hybridized carbons (Fsp3) is 0.360. The average molecular weight is 447 g/mol. The lowest BCUT2D eigenvalue weighted by Gasteiger charge is -2.37. The Morgan fingerprint density at radius 2 is 1.70 bits per heavy atom. The molecule has 0 bridgehead atoms.